The fourth-order valence-corrected chi connectivity index (χ4v) is 2.79. The smallest absolute Gasteiger partial charge is 0.303 e. The summed E-state index contributed by atoms with van der Waals surface area (Å²) in [6, 6.07) is 0. The standard InChI is InChI=1S/C19H25N3O11/c1-9(23)14(6-21-22-20)7-29-19-18(32-13(5)27)17(31-12(4)26)16(30-11(3)25)15(33-19)8-28-10(2)24/h7,15-19H,6,8H2,1-5H3/b14-7+/t15-,16-,17+,18-,19-/m1/s1. The van der Waals surface area contributed by atoms with E-state index < -0.39 is 67.0 Å². The molecule has 1 fully saturated rings. The maximum Gasteiger partial charge on any atom is 0.303 e. The lowest BCUT2D eigenvalue weighted by Crippen LogP contribution is -2.62. The van der Waals surface area contributed by atoms with Crippen molar-refractivity contribution in [1.82, 2.24) is 0 Å². The maximum absolute atomic E-state index is 11.8. The van der Waals surface area contributed by atoms with Gasteiger partial charge in [-0.05, 0) is 12.5 Å². The molecule has 0 bridgehead atoms. The van der Waals surface area contributed by atoms with Crippen molar-refractivity contribution in [3.05, 3.63) is 22.3 Å². The minimum absolute atomic E-state index is 0.0411. The van der Waals surface area contributed by atoms with Gasteiger partial charge < -0.3 is 28.4 Å². The third-order valence-corrected chi connectivity index (χ3v) is 4.05. The molecule has 1 heterocycles. The van der Waals surface area contributed by atoms with Crippen LogP contribution < -0.4 is 0 Å². The molecule has 0 aromatic carbocycles. The monoisotopic (exact) mass is 471 g/mol. The number of rotatable bonds is 10. The molecular weight excluding hydrogens is 446 g/mol. The molecule has 0 N–H and O–H groups in total. The third-order valence-electron chi connectivity index (χ3n) is 4.05. The van der Waals surface area contributed by atoms with E-state index in [2.05, 4.69) is 10.0 Å². The lowest BCUT2D eigenvalue weighted by molar-refractivity contribution is -0.297. The van der Waals surface area contributed by atoms with Gasteiger partial charge in [-0.15, -0.1) is 0 Å². The van der Waals surface area contributed by atoms with Crippen molar-refractivity contribution in [2.45, 2.75) is 65.3 Å². The van der Waals surface area contributed by atoms with Crippen LogP contribution in [0, 0.1) is 0 Å². The number of esters is 4. The van der Waals surface area contributed by atoms with Gasteiger partial charge in [0, 0.05) is 38.2 Å². The quantitative estimate of drug-likeness (QED) is 0.0835. The van der Waals surface area contributed by atoms with Crippen molar-refractivity contribution < 1.29 is 52.4 Å². The third kappa shape index (κ3) is 9.17. The highest BCUT2D eigenvalue weighted by Crippen LogP contribution is 2.30. The summed E-state index contributed by atoms with van der Waals surface area (Å²) in [5.41, 5.74) is 8.44. The van der Waals surface area contributed by atoms with Gasteiger partial charge in [-0.1, -0.05) is 5.11 Å². The van der Waals surface area contributed by atoms with Gasteiger partial charge in [0.15, 0.2) is 18.0 Å². The fourth-order valence-electron chi connectivity index (χ4n) is 2.79. The van der Waals surface area contributed by atoms with Crippen molar-refractivity contribution in [3.8, 4) is 0 Å². The van der Waals surface area contributed by atoms with E-state index in [1.54, 1.807) is 0 Å². The number of Topliss-reactive ketones (excluding diaryl/α,β-unsaturated/α-hetero) is 1. The van der Waals surface area contributed by atoms with Crippen molar-refractivity contribution in [3.63, 3.8) is 0 Å². The Hall–Kier alpha value is -3.64. The van der Waals surface area contributed by atoms with Gasteiger partial charge in [0.05, 0.1) is 12.8 Å². The Bertz CT molecular complexity index is 850. The number of ether oxygens (including phenoxy) is 6. The molecule has 0 saturated carbocycles. The van der Waals surface area contributed by atoms with Crippen LogP contribution >= 0.6 is 0 Å². The SMILES string of the molecule is CC(=O)OC[C@H]1O[C@@H](O/C=C(\CN=[N+]=[N-])C(C)=O)[C@H](OC(C)=O)[C@@H](OC(C)=O)[C@@H]1OC(C)=O. The van der Waals surface area contributed by atoms with Crippen LogP contribution in [0.2, 0.25) is 0 Å². The molecule has 182 valence electrons. The molecule has 0 radical (unpaired) electrons. The van der Waals surface area contributed by atoms with Gasteiger partial charge in [0.25, 0.3) is 0 Å². The molecule has 0 aromatic rings. The van der Waals surface area contributed by atoms with Crippen LogP contribution in [0.25, 0.3) is 10.4 Å². The van der Waals surface area contributed by atoms with Gasteiger partial charge in [-0.2, -0.15) is 0 Å². The highest BCUT2D eigenvalue weighted by atomic mass is 16.7. The Kier molecular flexibility index (Phi) is 10.8. The number of ketones is 1. The Morgan fingerprint density at radius 1 is 0.879 bits per heavy atom. The average molecular weight is 471 g/mol. The predicted molar refractivity (Wildman–Crippen MR) is 106 cm³/mol. The molecule has 1 rings (SSSR count). The number of carbonyl (C=O) groups is 5. The summed E-state index contributed by atoms with van der Waals surface area (Å²) in [6.45, 7) is 4.82. The number of carbonyl (C=O) groups excluding carboxylic acids is 5. The van der Waals surface area contributed by atoms with Crippen LogP contribution in [0.5, 0.6) is 0 Å². The summed E-state index contributed by atoms with van der Waals surface area (Å²) in [5.74, 6) is -3.53. The first-order chi connectivity index (χ1) is 15.5. The van der Waals surface area contributed by atoms with Crippen molar-refractivity contribution >= 4 is 29.7 Å². The largest absolute Gasteiger partial charge is 0.468 e. The highest BCUT2D eigenvalue weighted by Gasteiger charge is 2.53. The van der Waals surface area contributed by atoms with E-state index in [9.17, 15) is 24.0 Å². The normalized spacial score (nSPS) is 24.5. The molecule has 0 aliphatic carbocycles. The van der Waals surface area contributed by atoms with Gasteiger partial charge >= 0.3 is 23.9 Å². The van der Waals surface area contributed by atoms with E-state index in [0.29, 0.717) is 0 Å². The number of azide groups is 1. The zero-order valence-corrected chi connectivity index (χ0v) is 18.7. The Balaban J connectivity index is 3.42. The summed E-state index contributed by atoms with van der Waals surface area (Å²) < 4.78 is 31.8. The van der Waals surface area contributed by atoms with E-state index >= 15 is 0 Å². The van der Waals surface area contributed by atoms with E-state index in [-0.39, 0.29) is 12.1 Å². The lowest BCUT2D eigenvalue weighted by atomic mass is 9.98. The average Bonchev–Trinajstić information content (AvgIpc) is 2.69. The fraction of sp³-hybridized carbons (Fsp3) is 0.632. The van der Waals surface area contributed by atoms with Crippen LogP contribution in [0.1, 0.15) is 34.6 Å². The molecule has 33 heavy (non-hydrogen) atoms. The summed E-state index contributed by atoms with van der Waals surface area (Å²) in [7, 11) is 0. The summed E-state index contributed by atoms with van der Waals surface area (Å²) in [5, 5.41) is 3.29. The molecule has 0 amide bonds. The van der Waals surface area contributed by atoms with Crippen LogP contribution in [-0.4, -0.2) is 73.5 Å². The van der Waals surface area contributed by atoms with E-state index in [0.717, 1.165) is 34.0 Å². The summed E-state index contributed by atoms with van der Waals surface area (Å²) in [4.78, 5) is 60.8. The first-order valence-corrected chi connectivity index (χ1v) is 9.63. The van der Waals surface area contributed by atoms with Gasteiger partial charge in [0.1, 0.15) is 12.7 Å². The molecule has 14 nitrogen and oxygen atoms in total. The molecule has 1 aliphatic heterocycles. The van der Waals surface area contributed by atoms with Gasteiger partial charge in [-0.3, -0.25) is 24.0 Å². The summed E-state index contributed by atoms with van der Waals surface area (Å²) in [6.07, 6.45) is -5.96. The van der Waals surface area contributed by atoms with Crippen molar-refractivity contribution in [2.24, 2.45) is 5.11 Å². The van der Waals surface area contributed by atoms with Gasteiger partial charge in [-0.25, -0.2) is 0 Å². The van der Waals surface area contributed by atoms with Crippen molar-refractivity contribution in [1.29, 1.82) is 0 Å². The van der Waals surface area contributed by atoms with Crippen LogP contribution in [0.4, 0.5) is 0 Å². The predicted octanol–water partition coefficient (Wildman–Crippen LogP) is 0.869. The first-order valence-electron chi connectivity index (χ1n) is 9.63. The molecule has 0 spiro atoms. The molecule has 0 aromatic heterocycles. The summed E-state index contributed by atoms with van der Waals surface area (Å²) >= 11 is 0. The number of nitrogens with zero attached hydrogens (tertiary/aromatic N) is 3. The maximum atomic E-state index is 11.8. The second-order valence-electron chi connectivity index (χ2n) is 6.79. The number of hydrogen-bond acceptors (Lipinski definition) is 12. The van der Waals surface area contributed by atoms with E-state index in [4.69, 9.17) is 34.0 Å². The molecular formula is C19H25N3O11. The Labute approximate surface area is 188 Å². The lowest BCUT2D eigenvalue weighted by Gasteiger charge is -2.43. The van der Waals surface area contributed by atoms with E-state index in [1.165, 1.54) is 6.92 Å². The van der Waals surface area contributed by atoms with Gasteiger partial charge in [0.2, 0.25) is 12.4 Å². The van der Waals surface area contributed by atoms with Crippen LogP contribution in [0.15, 0.2) is 16.9 Å². The molecule has 1 saturated heterocycles. The molecule has 5 atom stereocenters. The van der Waals surface area contributed by atoms with Crippen LogP contribution in [-0.2, 0) is 52.4 Å². The van der Waals surface area contributed by atoms with Crippen molar-refractivity contribution in [2.75, 3.05) is 13.2 Å². The van der Waals surface area contributed by atoms with Crippen LogP contribution in [0.3, 0.4) is 0 Å². The highest BCUT2D eigenvalue weighted by molar-refractivity contribution is 5.93. The van der Waals surface area contributed by atoms with E-state index in [1.807, 2.05) is 0 Å². The Morgan fingerprint density at radius 3 is 1.91 bits per heavy atom. The second-order valence-corrected chi connectivity index (χ2v) is 6.79. The molecule has 0 unspecified atom stereocenters. The molecule has 14 heteroatoms. The minimum Gasteiger partial charge on any atom is -0.468 e. The minimum atomic E-state index is -1.49. The zero-order chi connectivity index (χ0) is 25.1. The first kappa shape index (κ1) is 27.4. The Morgan fingerprint density at radius 2 is 1.42 bits per heavy atom. The second kappa shape index (κ2) is 13.0. The molecule has 1 aliphatic rings. The number of hydrogen-bond donors (Lipinski definition) is 0. The zero-order valence-electron chi connectivity index (χ0n) is 18.7. The topological polar surface area (TPSA) is 189 Å².